The zero-order valence-electron chi connectivity index (χ0n) is 15.5. The minimum Gasteiger partial charge on any atom is -0.348 e. The van der Waals surface area contributed by atoms with Gasteiger partial charge < -0.3 is 10.2 Å². The first-order valence-corrected chi connectivity index (χ1v) is 10.0. The van der Waals surface area contributed by atoms with Crippen LogP contribution in [0.1, 0.15) is 74.0 Å². The molecule has 3 heterocycles. The number of amides is 2. The number of aromatic nitrogens is 2. The second-order valence-electron chi connectivity index (χ2n) is 8.15. The van der Waals surface area contributed by atoms with Crippen molar-refractivity contribution in [3.63, 3.8) is 0 Å². The molecule has 3 atom stereocenters. The maximum atomic E-state index is 13.0. The molecular weight excluding hydrogens is 328 g/mol. The zero-order valence-corrected chi connectivity index (χ0v) is 15.5. The molecular formula is C20H28N4O2. The fraction of sp³-hybridized carbons (Fsp3) is 0.700. The first kappa shape index (κ1) is 17.4. The van der Waals surface area contributed by atoms with Gasteiger partial charge in [-0.1, -0.05) is 19.3 Å². The molecule has 0 aromatic carbocycles. The highest BCUT2D eigenvalue weighted by Crippen LogP contribution is 2.38. The number of carbonyl (C=O) groups is 2. The Morgan fingerprint density at radius 2 is 1.69 bits per heavy atom. The maximum Gasteiger partial charge on any atom is 0.271 e. The lowest BCUT2D eigenvalue weighted by atomic mass is 9.86. The predicted molar refractivity (Wildman–Crippen MR) is 97.5 cm³/mol. The maximum absolute atomic E-state index is 13.0. The Morgan fingerprint density at radius 3 is 2.31 bits per heavy atom. The van der Waals surface area contributed by atoms with Crippen molar-refractivity contribution in [3.05, 3.63) is 23.8 Å². The quantitative estimate of drug-likeness (QED) is 0.903. The van der Waals surface area contributed by atoms with Crippen molar-refractivity contribution in [2.75, 3.05) is 0 Å². The van der Waals surface area contributed by atoms with Crippen LogP contribution in [-0.2, 0) is 4.79 Å². The Kier molecular flexibility index (Phi) is 4.92. The number of carbonyl (C=O) groups excluding carboxylic acids is 2. The lowest BCUT2D eigenvalue weighted by Gasteiger charge is -2.41. The Labute approximate surface area is 154 Å². The lowest BCUT2D eigenvalue weighted by Crippen LogP contribution is -2.54. The summed E-state index contributed by atoms with van der Waals surface area (Å²) in [5.74, 6) is 0.459. The highest BCUT2D eigenvalue weighted by atomic mass is 16.2. The van der Waals surface area contributed by atoms with E-state index in [2.05, 4.69) is 20.2 Å². The molecule has 2 amide bonds. The molecule has 140 valence electrons. The number of nitrogens with one attached hydrogen (secondary N) is 1. The molecule has 3 fully saturated rings. The number of hydrogen-bond donors (Lipinski definition) is 1. The largest absolute Gasteiger partial charge is 0.348 e. The van der Waals surface area contributed by atoms with Gasteiger partial charge in [-0.25, -0.2) is 4.98 Å². The van der Waals surface area contributed by atoms with Crippen LogP contribution >= 0.6 is 0 Å². The first-order chi connectivity index (χ1) is 12.6. The monoisotopic (exact) mass is 356 g/mol. The summed E-state index contributed by atoms with van der Waals surface area (Å²) in [7, 11) is 0. The van der Waals surface area contributed by atoms with E-state index in [9.17, 15) is 9.59 Å². The van der Waals surface area contributed by atoms with Gasteiger partial charge in [0.15, 0.2) is 0 Å². The van der Waals surface area contributed by atoms with Gasteiger partial charge in [-0.15, -0.1) is 0 Å². The molecule has 6 nitrogen and oxygen atoms in total. The third-order valence-corrected chi connectivity index (χ3v) is 6.29. The molecule has 2 bridgehead atoms. The summed E-state index contributed by atoms with van der Waals surface area (Å²) in [5.41, 5.74) is 1.16. The average Bonchev–Trinajstić information content (AvgIpc) is 2.93. The van der Waals surface area contributed by atoms with E-state index in [0.29, 0.717) is 11.6 Å². The SMILES string of the molecule is Cc1cnc(C(=O)NC2C[C@H]3CC[C@@H](C2)N3C(=O)C2CCCCC2)cn1. The fourth-order valence-electron chi connectivity index (χ4n) is 4.98. The van der Waals surface area contributed by atoms with Crippen LogP contribution in [0.15, 0.2) is 12.4 Å². The topological polar surface area (TPSA) is 75.2 Å². The Balaban J connectivity index is 1.37. The van der Waals surface area contributed by atoms with Crippen molar-refractivity contribution in [1.29, 1.82) is 0 Å². The lowest BCUT2D eigenvalue weighted by molar-refractivity contribution is -0.141. The van der Waals surface area contributed by atoms with E-state index in [1.165, 1.54) is 25.5 Å². The van der Waals surface area contributed by atoms with Crippen molar-refractivity contribution in [2.45, 2.75) is 82.8 Å². The van der Waals surface area contributed by atoms with E-state index in [1.807, 2.05) is 6.92 Å². The van der Waals surface area contributed by atoms with Gasteiger partial charge in [0, 0.05) is 30.2 Å². The molecule has 1 unspecified atom stereocenters. The number of hydrogen-bond acceptors (Lipinski definition) is 4. The van der Waals surface area contributed by atoms with Gasteiger partial charge in [0.1, 0.15) is 5.69 Å². The summed E-state index contributed by atoms with van der Waals surface area (Å²) in [6.45, 7) is 1.85. The highest BCUT2D eigenvalue weighted by Gasteiger charge is 2.45. The van der Waals surface area contributed by atoms with E-state index in [4.69, 9.17) is 0 Å². The van der Waals surface area contributed by atoms with Crippen LogP contribution < -0.4 is 5.32 Å². The van der Waals surface area contributed by atoms with E-state index in [0.717, 1.165) is 44.2 Å². The summed E-state index contributed by atoms with van der Waals surface area (Å²) in [6.07, 6.45) is 12.8. The van der Waals surface area contributed by atoms with Crippen LogP contribution in [0, 0.1) is 12.8 Å². The van der Waals surface area contributed by atoms with Crippen molar-refractivity contribution in [1.82, 2.24) is 20.2 Å². The molecule has 6 heteroatoms. The first-order valence-electron chi connectivity index (χ1n) is 10.0. The van der Waals surface area contributed by atoms with E-state index >= 15 is 0 Å². The minimum atomic E-state index is -0.158. The van der Waals surface area contributed by atoms with Gasteiger partial charge >= 0.3 is 0 Å². The summed E-state index contributed by atoms with van der Waals surface area (Å²) < 4.78 is 0. The second-order valence-corrected chi connectivity index (χ2v) is 8.15. The Morgan fingerprint density at radius 1 is 1.00 bits per heavy atom. The van der Waals surface area contributed by atoms with Gasteiger partial charge in [0.2, 0.25) is 5.91 Å². The number of piperidine rings is 1. The molecule has 1 saturated carbocycles. The normalized spacial score (nSPS) is 28.8. The van der Waals surface area contributed by atoms with Gasteiger partial charge in [-0.2, -0.15) is 0 Å². The smallest absolute Gasteiger partial charge is 0.271 e. The molecule has 26 heavy (non-hydrogen) atoms. The number of aryl methyl sites for hydroxylation is 1. The van der Waals surface area contributed by atoms with Crippen LogP contribution in [0.4, 0.5) is 0 Å². The fourth-order valence-corrected chi connectivity index (χ4v) is 4.98. The third-order valence-electron chi connectivity index (χ3n) is 6.29. The molecule has 1 aromatic heterocycles. The van der Waals surface area contributed by atoms with E-state index in [-0.39, 0.29) is 30.0 Å². The molecule has 0 radical (unpaired) electrons. The Bertz CT molecular complexity index is 655. The Hall–Kier alpha value is -1.98. The summed E-state index contributed by atoms with van der Waals surface area (Å²) >= 11 is 0. The number of nitrogens with zero attached hydrogens (tertiary/aromatic N) is 3. The van der Waals surface area contributed by atoms with Crippen LogP contribution in [0.5, 0.6) is 0 Å². The standard InChI is InChI=1S/C20H28N4O2/c1-13-11-22-18(12-21-13)19(25)23-15-9-16-7-8-17(10-15)24(16)20(26)14-5-3-2-4-6-14/h11-12,14-17H,2-10H2,1H3,(H,23,25)/t15?,16-,17+. The van der Waals surface area contributed by atoms with Crippen LogP contribution in [0.2, 0.25) is 0 Å². The van der Waals surface area contributed by atoms with Crippen LogP contribution in [0.3, 0.4) is 0 Å². The molecule has 3 aliphatic rings. The molecule has 2 saturated heterocycles. The van der Waals surface area contributed by atoms with Crippen molar-refractivity contribution in [3.8, 4) is 0 Å². The van der Waals surface area contributed by atoms with Gasteiger partial charge in [0.25, 0.3) is 5.91 Å². The minimum absolute atomic E-state index is 0.124. The average molecular weight is 356 g/mol. The molecule has 4 rings (SSSR count). The van der Waals surface area contributed by atoms with Crippen molar-refractivity contribution < 1.29 is 9.59 Å². The van der Waals surface area contributed by atoms with Crippen molar-refractivity contribution >= 4 is 11.8 Å². The summed E-state index contributed by atoms with van der Waals surface area (Å²) in [5, 5.41) is 3.12. The van der Waals surface area contributed by atoms with E-state index < -0.39 is 0 Å². The summed E-state index contributed by atoms with van der Waals surface area (Å²) in [6, 6.07) is 0.702. The molecule has 0 spiro atoms. The van der Waals surface area contributed by atoms with Crippen molar-refractivity contribution in [2.24, 2.45) is 5.92 Å². The molecule has 1 N–H and O–H groups in total. The summed E-state index contributed by atoms with van der Waals surface area (Å²) in [4.78, 5) is 35.9. The van der Waals surface area contributed by atoms with Gasteiger partial charge in [-0.3, -0.25) is 14.6 Å². The molecule has 1 aromatic rings. The van der Waals surface area contributed by atoms with Crippen LogP contribution in [-0.4, -0.2) is 44.8 Å². The van der Waals surface area contributed by atoms with E-state index in [1.54, 1.807) is 6.20 Å². The zero-order chi connectivity index (χ0) is 18.1. The third kappa shape index (κ3) is 3.46. The van der Waals surface area contributed by atoms with Crippen LogP contribution in [0.25, 0.3) is 0 Å². The van der Waals surface area contributed by atoms with Gasteiger partial charge in [0.05, 0.1) is 11.9 Å². The van der Waals surface area contributed by atoms with Gasteiger partial charge in [-0.05, 0) is 45.4 Å². The number of fused-ring (bicyclic) bond motifs is 2. The molecule has 2 aliphatic heterocycles. The second kappa shape index (κ2) is 7.33. The predicted octanol–water partition coefficient (Wildman–Crippen LogP) is 2.62. The molecule has 1 aliphatic carbocycles. The highest BCUT2D eigenvalue weighted by molar-refractivity contribution is 5.92. The number of rotatable bonds is 3.